The number of rotatable bonds is 5. The molecule has 2 unspecified atom stereocenters. The predicted octanol–water partition coefficient (Wildman–Crippen LogP) is 3.01. The van der Waals surface area contributed by atoms with Crippen molar-refractivity contribution in [2.75, 3.05) is 7.11 Å². The van der Waals surface area contributed by atoms with Gasteiger partial charge in [0.15, 0.2) is 8.32 Å². The van der Waals surface area contributed by atoms with Crippen molar-refractivity contribution in [3.05, 3.63) is 35.9 Å². The molecule has 0 N–H and O–H groups in total. The number of benzene rings is 1. The van der Waals surface area contributed by atoms with E-state index in [1.54, 1.807) is 0 Å². The van der Waals surface area contributed by atoms with Crippen LogP contribution in [0.3, 0.4) is 0 Å². The van der Waals surface area contributed by atoms with Crippen LogP contribution in [0.4, 0.5) is 0 Å². The Morgan fingerprint density at radius 3 is 2.47 bits per heavy atom. The lowest BCUT2D eigenvalue weighted by Gasteiger charge is -2.21. The summed E-state index contributed by atoms with van der Waals surface area (Å²) in [5.41, 5.74) is 0.700. The van der Waals surface area contributed by atoms with Gasteiger partial charge in [-0.2, -0.15) is 0 Å². The quantitative estimate of drug-likeness (QED) is 0.613. The van der Waals surface area contributed by atoms with E-state index < -0.39 is 13.7 Å². The molecule has 3 nitrogen and oxygen atoms in total. The maximum atomic E-state index is 12.1. The SMILES string of the molecule is COC(=O)C1(Cc2ccccc2)CC1O[Si](C)(C)C. The summed E-state index contributed by atoms with van der Waals surface area (Å²) in [4.78, 5) is 12.1. The van der Waals surface area contributed by atoms with Crippen LogP contribution in [0, 0.1) is 5.41 Å². The van der Waals surface area contributed by atoms with Crippen LogP contribution >= 0.6 is 0 Å². The van der Waals surface area contributed by atoms with Gasteiger partial charge in [0.25, 0.3) is 0 Å². The fourth-order valence-corrected chi connectivity index (χ4v) is 3.65. The molecule has 1 aliphatic carbocycles. The highest BCUT2D eigenvalue weighted by atomic mass is 28.4. The van der Waals surface area contributed by atoms with Crippen molar-refractivity contribution < 1.29 is 14.0 Å². The molecule has 0 aromatic heterocycles. The van der Waals surface area contributed by atoms with Crippen molar-refractivity contribution in [2.24, 2.45) is 5.41 Å². The Bertz CT molecular complexity index is 452. The number of methoxy groups -OCH3 is 1. The smallest absolute Gasteiger partial charge is 0.314 e. The highest BCUT2D eigenvalue weighted by Gasteiger charge is 2.62. The fourth-order valence-electron chi connectivity index (χ4n) is 2.49. The minimum Gasteiger partial charge on any atom is -0.469 e. The lowest BCUT2D eigenvalue weighted by molar-refractivity contribution is -0.148. The average Bonchev–Trinajstić information content (AvgIpc) is 3.01. The molecule has 0 amide bonds. The van der Waals surface area contributed by atoms with E-state index in [1.807, 2.05) is 18.2 Å². The molecule has 0 radical (unpaired) electrons. The number of carbonyl (C=O) groups excluding carboxylic acids is 1. The fraction of sp³-hybridized carbons (Fsp3) is 0.533. The number of ether oxygens (including phenoxy) is 1. The second kappa shape index (κ2) is 5.10. The number of hydrogen-bond donors (Lipinski definition) is 0. The standard InChI is InChI=1S/C15H22O3Si/c1-17-14(16)15(10-12-8-6-5-7-9-12)11-13(15)18-19(2,3)4/h5-9,13H,10-11H2,1-4H3. The summed E-state index contributed by atoms with van der Waals surface area (Å²) < 4.78 is 11.1. The van der Waals surface area contributed by atoms with Gasteiger partial charge in [0.2, 0.25) is 0 Å². The van der Waals surface area contributed by atoms with E-state index in [-0.39, 0.29) is 12.1 Å². The van der Waals surface area contributed by atoms with Gasteiger partial charge in [-0.25, -0.2) is 0 Å². The highest BCUT2D eigenvalue weighted by molar-refractivity contribution is 6.69. The summed E-state index contributed by atoms with van der Waals surface area (Å²) >= 11 is 0. The third-order valence-electron chi connectivity index (χ3n) is 3.46. The van der Waals surface area contributed by atoms with Crippen LogP contribution in [0.5, 0.6) is 0 Å². The van der Waals surface area contributed by atoms with Gasteiger partial charge < -0.3 is 9.16 Å². The van der Waals surface area contributed by atoms with Gasteiger partial charge in [-0.3, -0.25) is 4.79 Å². The minimum atomic E-state index is -1.63. The normalized spacial score (nSPS) is 26.0. The maximum Gasteiger partial charge on any atom is 0.314 e. The van der Waals surface area contributed by atoms with Gasteiger partial charge in [0.1, 0.15) is 0 Å². The first-order valence-electron chi connectivity index (χ1n) is 6.67. The summed E-state index contributed by atoms with van der Waals surface area (Å²) in [6.45, 7) is 6.45. The van der Waals surface area contributed by atoms with Crippen LogP contribution in [0.2, 0.25) is 19.6 Å². The van der Waals surface area contributed by atoms with Crippen LogP contribution < -0.4 is 0 Å². The van der Waals surface area contributed by atoms with Crippen LogP contribution in [0.1, 0.15) is 12.0 Å². The van der Waals surface area contributed by atoms with E-state index in [1.165, 1.54) is 7.11 Å². The monoisotopic (exact) mass is 278 g/mol. The summed E-state index contributed by atoms with van der Waals surface area (Å²) in [5.74, 6) is -0.139. The topological polar surface area (TPSA) is 35.5 Å². The van der Waals surface area contributed by atoms with Crippen molar-refractivity contribution in [2.45, 2.75) is 38.6 Å². The Morgan fingerprint density at radius 1 is 1.32 bits per heavy atom. The van der Waals surface area contributed by atoms with E-state index in [0.29, 0.717) is 6.42 Å². The molecule has 1 aliphatic rings. The second-order valence-electron chi connectivity index (χ2n) is 6.23. The lowest BCUT2D eigenvalue weighted by atomic mass is 9.96. The molecule has 0 saturated heterocycles. The summed E-state index contributed by atoms with van der Waals surface area (Å²) in [6, 6.07) is 10.1. The zero-order chi connectivity index (χ0) is 14.1. The summed E-state index contributed by atoms with van der Waals surface area (Å²) in [6.07, 6.45) is 1.50. The molecular weight excluding hydrogens is 256 g/mol. The Kier molecular flexibility index (Phi) is 3.83. The molecule has 0 aliphatic heterocycles. The minimum absolute atomic E-state index is 0.0202. The first-order chi connectivity index (χ1) is 8.87. The highest BCUT2D eigenvalue weighted by Crippen LogP contribution is 2.52. The van der Waals surface area contributed by atoms with Crippen molar-refractivity contribution in [3.63, 3.8) is 0 Å². The Balaban J connectivity index is 2.13. The van der Waals surface area contributed by atoms with Crippen molar-refractivity contribution in [1.29, 1.82) is 0 Å². The molecule has 0 bridgehead atoms. The van der Waals surface area contributed by atoms with E-state index in [0.717, 1.165) is 12.0 Å². The van der Waals surface area contributed by atoms with Crippen molar-refractivity contribution in [3.8, 4) is 0 Å². The zero-order valence-corrected chi connectivity index (χ0v) is 13.1. The van der Waals surface area contributed by atoms with Gasteiger partial charge in [-0.1, -0.05) is 30.3 Å². The molecule has 2 atom stereocenters. The van der Waals surface area contributed by atoms with Gasteiger partial charge in [0.05, 0.1) is 18.6 Å². The average molecular weight is 278 g/mol. The molecule has 0 heterocycles. The summed E-state index contributed by atoms with van der Waals surface area (Å²) in [5, 5.41) is 0. The summed E-state index contributed by atoms with van der Waals surface area (Å²) in [7, 11) is -0.173. The molecule has 1 aromatic rings. The molecule has 0 spiro atoms. The Morgan fingerprint density at radius 2 is 1.95 bits per heavy atom. The van der Waals surface area contributed by atoms with E-state index in [9.17, 15) is 4.79 Å². The molecular formula is C15H22O3Si. The third-order valence-corrected chi connectivity index (χ3v) is 4.45. The second-order valence-corrected chi connectivity index (χ2v) is 10.7. The first-order valence-corrected chi connectivity index (χ1v) is 10.1. The largest absolute Gasteiger partial charge is 0.469 e. The van der Waals surface area contributed by atoms with Gasteiger partial charge in [-0.15, -0.1) is 0 Å². The number of hydrogen-bond acceptors (Lipinski definition) is 3. The van der Waals surface area contributed by atoms with Crippen LogP contribution in [-0.4, -0.2) is 27.5 Å². The van der Waals surface area contributed by atoms with Crippen LogP contribution in [0.25, 0.3) is 0 Å². The zero-order valence-electron chi connectivity index (χ0n) is 12.1. The van der Waals surface area contributed by atoms with Crippen LogP contribution in [-0.2, 0) is 20.4 Å². The molecule has 4 heteroatoms. The first kappa shape index (κ1) is 14.3. The van der Waals surface area contributed by atoms with E-state index in [2.05, 4.69) is 31.8 Å². The molecule has 1 saturated carbocycles. The molecule has 104 valence electrons. The molecule has 19 heavy (non-hydrogen) atoms. The third kappa shape index (κ3) is 3.25. The number of carbonyl (C=O) groups is 1. The van der Waals surface area contributed by atoms with Crippen molar-refractivity contribution >= 4 is 14.3 Å². The Labute approximate surface area is 116 Å². The number of esters is 1. The maximum absolute atomic E-state index is 12.1. The van der Waals surface area contributed by atoms with E-state index in [4.69, 9.17) is 9.16 Å². The predicted molar refractivity (Wildman–Crippen MR) is 77.4 cm³/mol. The van der Waals surface area contributed by atoms with Gasteiger partial charge in [0, 0.05) is 0 Å². The Hall–Kier alpha value is -1.13. The molecule has 2 rings (SSSR count). The van der Waals surface area contributed by atoms with Gasteiger partial charge >= 0.3 is 5.97 Å². The molecule has 1 aromatic carbocycles. The van der Waals surface area contributed by atoms with Gasteiger partial charge in [-0.05, 0) is 38.0 Å². The van der Waals surface area contributed by atoms with E-state index >= 15 is 0 Å². The molecule has 1 fully saturated rings. The lowest BCUT2D eigenvalue weighted by Crippen LogP contribution is -2.32. The van der Waals surface area contributed by atoms with Crippen LogP contribution in [0.15, 0.2) is 30.3 Å². The van der Waals surface area contributed by atoms with Crippen molar-refractivity contribution in [1.82, 2.24) is 0 Å².